The van der Waals surface area contributed by atoms with E-state index in [4.69, 9.17) is 9.72 Å². The van der Waals surface area contributed by atoms with Crippen molar-refractivity contribution in [2.24, 2.45) is 13.0 Å². The van der Waals surface area contributed by atoms with Crippen molar-refractivity contribution in [2.75, 3.05) is 19.5 Å². The van der Waals surface area contributed by atoms with Crippen molar-refractivity contribution in [3.8, 4) is 11.3 Å². The molecule has 10 heteroatoms. The minimum absolute atomic E-state index is 0.0832. The van der Waals surface area contributed by atoms with Gasteiger partial charge in [0.2, 0.25) is 0 Å². The molecule has 6 rings (SSSR count). The molecule has 1 fully saturated rings. The maximum atomic E-state index is 15.6. The van der Waals surface area contributed by atoms with Crippen LogP contribution < -0.4 is 0 Å². The van der Waals surface area contributed by atoms with Crippen LogP contribution in [0.5, 0.6) is 0 Å². The quantitative estimate of drug-likeness (QED) is 0.300. The van der Waals surface area contributed by atoms with Gasteiger partial charge in [0.1, 0.15) is 5.82 Å². The molecule has 0 amide bonds. The lowest BCUT2D eigenvalue weighted by Gasteiger charge is -2.33. The average Bonchev–Trinajstić information content (AvgIpc) is 3.42. The number of halogens is 1. The first kappa shape index (κ1) is 24.7. The number of benzene rings is 2. The van der Waals surface area contributed by atoms with Crippen LogP contribution in [0.15, 0.2) is 59.6 Å². The van der Waals surface area contributed by atoms with E-state index in [2.05, 4.69) is 10.3 Å². The van der Waals surface area contributed by atoms with Crippen molar-refractivity contribution in [3.63, 3.8) is 0 Å². The second-order valence-corrected chi connectivity index (χ2v) is 11.9. The fourth-order valence-electron chi connectivity index (χ4n) is 5.85. The molecule has 0 bridgehead atoms. The molecule has 1 aliphatic rings. The molecular formula is C28H28FN5O3S. The predicted octanol–water partition coefficient (Wildman–Crippen LogP) is 4.85. The molecule has 0 aliphatic carbocycles. The van der Waals surface area contributed by atoms with Crippen molar-refractivity contribution in [1.29, 1.82) is 0 Å². The Hall–Kier alpha value is -3.63. The Morgan fingerprint density at radius 3 is 2.50 bits per heavy atom. The summed E-state index contributed by atoms with van der Waals surface area (Å²) in [6.45, 7) is 3.10. The first-order chi connectivity index (χ1) is 18.3. The summed E-state index contributed by atoms with van der Waals surface area (Å²) < 4.78 is 51.1. The lowest BCUT2D eigenvalue weighted by atomic mass is 9.86. The Morgan fingerprint density at radius 2 is 1.84 bits per heavy atom. The second kappa shape index (κ2) is 9.28. The fourth-order valence-corrected chi connectivity index (χ4v) is 6.72. The highest BCUT2D eigenvalue weighted by Gasteiger charge is 2.33. The molecule has 2 aromatic carbocycles. The van der Waals surface area contributed by atoms with Gasteiger partial charge < -0.3 is 9.30 Å². The van der Waals surface area contributed by atoms with Crippen LogP contribution in [-0.4, -0.2) is 52.4 Å². The van der Waals surface area contributed by atoms with Crippen LogP contribution >= 0.6 is 0 Å². The minimum atomic E-state index is -3.69. The zero-order valence-electron chi connectivity index (χ0n) is 21.4. The van der Waals surface area contributed by atoms with Crippen LogP contribution in [0.2, 0.25) is 0 Å². The monoisotopic (exact) mass is 533 g/mol. The third kappa shape index (κ3) is 3.99. The Bertz CT molecular complexity index is 1750. The molecule has 8 nitrogen and oxygen atoms in total. The van der Waals surface area contributed by atoms with E-state index >= 15 is 4.39 Å². The van der Waals surface area contributed by atoms with Crippen molar-refractivity contribution in [2.45, 2.75) is 30.7 Å². The Kier molecular flexibility index (Phi) is 6.03. The van der Waals surface area contributed by atoms with Crippen LogP contribution in [-0.2, 0) is 21.6 Å². The molecule has 0 saturated carbocycles. The summed E-state index contributed by atoms with van der Waals surface area (Å²) in [6, 6.07) is 14.3. The van der Waals surface area contributed by atoms with Gasteiger partial charge in [0.15, 0.2) is 9.84 Å². The lowest BCUT2D eigenvalue weighted by Crippen LogP contribution is -2.27. The van der Waals surface area contributed by atoms with Crippen LogP contribution in [0, 0.1) is 18.7 Å². The zero-order valence-corrected chi connectivity index (χ0v) is 22.2. The molecular weight excluding hydrogens is 505 g/mol. The third-order valence-corrected chi connectivity index (χ3v) is 8.62. The molecule has 1 aliphatic heterocycles. The number of fused-ring (bicyclic) bond motifs is 3. The summed E-state index contributed by atoms with van der Waals surface area (Å²) in [7, 11) is -1.88. The second-order valence-electron chi connectivity index (χ2n) is 9.96. The summed E-state index contributed by atoms with van der Waals surface area (Å²) in [6.07, 6.45) is 4.43. The van der Waals surface area contributed by atoms with Crippen LogP contribution in [0.25, 0.3) is 33.2 Å². The predicted molar refractivity (Wildman–Crippen MR) is 143 cm³/mol. The van der Waals surface area contributed by atoms with E-state index < -0.39 is 15.7 Å². The largest absolute Gasteiger partial charge is 0.381 e. The van der Waals surface area contributed by atoms with Crippen molar-refractivity contribution in [1.82, 2.24) is 24.5 Å². The lowest BCUT2D eigenvalue weighted by molar-refractivity contribution is 0.0552. The number of hydrogen-bond acceptors (Lipinski definition) is 6. The van der Waals surface area contributed by atoms with Crippen molar-refractivity contribution in [3.05, 3.63) is 71.8 Å². The Balaban J connectivity index is 1.78. The number of hydrogen-bond donors (Lipinski definition) is 0. The van der Waals surface area contributed by atoms with Gasteiger partial charge in [0.05, 0.1) is 44.3 Å². The van der Waals surface area contributed by atoms with Gasteiger partial charge in [-0.25, -0.2) is 17.5 Å². The van der Waals surface area contributed by atoms with Crippen LogP contribution in [0.3, 0.4) is 0 Å². The highest BCUT2D eigenvalue weighted by Crippen LogP contribution is 2.43. The van der Waals surface area contributed by atoms with Crippen molar-refractivity contribution >= 4 is 31.8 Å². The van der Waals surface area contributed by atoms with E-state index in [0.717, 1.165) is 41.6 Å². The van der Waals surface area contributed by atoms with Gasteiger partial charge in [0, 0.05) is 38.3 Å². The van der Waals surface area contributed by atoms with E-state index in [0.29, 0.717) is 29.8 Å². The van der Waals surface area contributed by atoms with Gasteiger partial charge in [-0.2, -0.15) is 0 Å². The number of pyridine rings is 1. The first-order valence-corrected chi connectivity index (χ1v) is 14.5. The standard InChI is InChI=1S/C28H28FN5O3S/c1-17-26(33(2)32-31-17)20-15-22-25(30-16-20)24-21(29)9-10-23(38(3,35)36)28(24)34(22)27(18-7-5-4-6-8-18)19-11-13-37-14-12-19/h4-10,15-16,19,27H,11-14H2,1-3H3/t27-/m1/s1. The molecule has 196 valence electrons. The van der Waals surface area contributed by atoms with Gasteiger partial charge in [-0.15, -0.1) is 5.10 Å². The SMILES string of the molecule is Cc1nnn(C)c1-c1cnc2c3c(F)ccc(S(C)(=O)=O)c3n([C@H](c3ccccc3)C3CCOCC3)c2c1. The smallest absolute Gasteiger partial charge is 0.177 e. The normalized spacial score (nSPS) is 15.9. The highest BCUT2D eigenvalue weighted by molar-refractivity contribution is 7.91. The summed E-state index contributed by atoms with van der Waals surface area (Å²) in [5.74, 6) is -0.363. The number of ether oxygens (including phenoxy) is 1. The van der Waals surface area contributed by atoms with Gasteiger partial charge in [-0.3, -0.25) is 4.98 Å². The van der Waals surface area contributed by atoms with Gasteiger partial charge in [-0.1, -0.05) is 35.5 Å². The molecule has 5 aromatic rings. The van der Waals surface area contributed by atoms with Gasteiger partial charge >= 0.3 is 0 Å². The van der Waals surface area contributed by atoms with E-state index in [9.17, 15) is 8.42 Å². The van der Waals surface area contributed by atoms with E-state index in [1.165, 1.54) is 12.1 Å². The molecule has 0 spiro atoms. The molecule has 0 N–H and O–H groups in total. The summed E-state index contributed by atoms with van der Waals surface area (Å²) in [4.78, 5) is 4.81. The molecule has 1 saturated heterocycles. The highest BCUT2D eigenvalue weighted by atomic mass is 32.2. The summed E-state index contributed by atoms with van der Waals surface area (Å²) >= 11 is 0. The van der Waals surface area contributed by atoms with Gasteiger partial charge in [0.25, 0.3) is 0 Å². The number of aromatic nitrogens is 5. The topological polar surface area (TPSA) is 91.9 Å². The average molecular weight is 534 g/mol. The van der Waals surface area contributed by atoms with Gasteiger partial charge in [-0.05, 0) is 49.4 Å². The third-order valence-electron chi connectivity index (χ3n) is 7.49. The molecule has 38 heavy (non-hydrogen) atoms. The maximum absolute atomic E-state index is 15.6. The Morgan fingerprint density at radius 1 is 1.11 bits per heavy atom. The molecule has 4 heterocycles. The van der Waals surface area contributed by atoms with Crippen molar-refractivity contribution < 1.29 is 17.5 Å². The summed E-state index contributed by atoms with van der Waals surface area (Å²) in [5.41, 5.74) is 4.75. The van der Waals surface area contributed by atoms with E-state index in [1.807, 2.05) is 54.9 Å². The van der Waals surface area contributed by atoms with Crippen LogP contribution in [0.4, 0.5) is 4.39 Å². The molecule has 3 aromatic heterocycles. The molecule has 1 atom stereocenters. The molecule has 0 unspecified atom stereocenters. The van der Waals surface area contributed by atoms with E-state index in [-0.39, 0.29) is 22.2 Å². The maximum Gasteiger partial charge on any atom is 0.177 e. The number of aryl methyl sites for hydroxylation is 2. The molecule has 0 radical (unpaired) electrons. The number of sulfone groups is 1. The van der Waals surface area contributed by atoms with E-state index in [1.54, 1.807) is 10.9 Å². The zero-order chi connectivity index (χ0) is 26.6. The summed E-state index contributed by atoms with van der Waals surface area (Å²) in [5, 5.41) is 8.52. The first-order valence-electron chi connectivity index (χ1n) is 12.6. The van der Waals surface area contributed by atoms with Crippen LogP contribution in [0.1, 0.15) is 30.1 Å². The minimum Gasteiger partial charge on any atom is -0.381 e. The number of nitrogens with zero attached hydrogens (tertiary/aromatic N) is 5. The fraction of sp³-hybridized carbons (Fsp3) is 0.321. The number of rotatable bonds is 5. The Labute approximate surface area is 220 Å².